The van der Waals surface area contributed by atoms with Gasteiger partial charge in [0, 0.05) is 13.3 Å². The molecule has 0 atom stereocenters. The minimum absolute atomic E-state index is 0.938. The van der Waals surface area contributed by atoms with Crippen molar-refractivity contribution in [2.24, 2.45) is 4.99 Å². The molecular weight excluding hydrogens is 78.0 g/mol. The van der Waals surface area contributed by atoms with Crippen LogP contribution in [0.15, 0.2) is 17.3 Å². The first-order valence-electron chi connectivity index (χ1n) is 1.63. The molecular formula is C4H7NO. The van der Waals surface area contributed by atoms with Crippen LogP contribution in [0.2, 0.25) is 0 Å². The second-order valence-electron chi connectivity index (χ2n) is 0.749. The lowest BCUT2D eigenvalue weighted by Gasteiger charge is -1.63. The lowest BCUT2D eigenvalue weighted by Crippen LogP contribution is -1.58. The first-order chi connectivity index (χ1) is 2.91. The summed E-state index contributed by atoms with van der Waals surface area (Å²) < 4.78 is 0. The Bertz CT molecular complexity index is 55.9. The predicted molar refractivity (Wildman–Crippen MR) is 26.2 cm³/mol. The lowest BCUT2D eigenvalue weighted by molar-refractivity contribution is 0.474. The minimum Gasteiger partial charge on any atom is -0.516 e. The molecule has 0 amide bonds. The van der Waals surface area contributed by atoms with Crippen molar-refractivity contribution in [3.05, 3.63) is 12.3 Å². The highest BCUT2D eigenvalue weighted by atomic mass is 16.2. The van der Waals surface area contributed by atoms with Crippen LogP contribution in [0.5, 0.6) is 0 Å². The molecule has 0 heterocycles. The number of nitrogens with zero attached hydrogens (tertiary/aromatic N) is 1. The van der Waals surface area contributed by atoms with Crippen molar-refractivity contribution in [1.82, 2.24) is 0 Å². The van der Waals surface area contributed by atoms with Gasteiger partial charge in [0.1, 0.15) is 0 Å². The molecule has 0 saturated carbocycles. The zero-order valence-corrected chi connectivity index (χ0v) is 3.63. The number of hydrogen-bond acceptors (Lipinski definition) is 2. The van der Waals surface area contributed by atoms with E-state index >= 15 is 0 Å². The van der Waals surface area contributed by atoms with Crippen molar-refractivity contribution in [3.8, 4) is 0 Å². The van der Waals surface area contributed by atoms with Gasteiger partial charge in [-0.2, -0.15) is 0 Å². The maximum atomic E-state index is 7.93. The van der Waals surface area contributed by atoms with Crippen molar-refractivity contribution in [1.29, 1.82) is 0 Å². The molecule has 6 heavy (non-hydrogen) atoms. The van der Waals surface area contributed by atoms with Crippen LogP contribution in [0.4, 0.5) is 0 Å². The zero-order valence-electron chi connectivity index (χ0n) is 3.63. The average molecular weight is 85.1 g/mol. The maximum Gasteiger partial charge on any atom is 0.0806 e. The highest BCUT2D eigenvalue weighted by Crippen LogP contribution is 1.56. The van der Waals surface area contributed by atoms with E-state index in [1.54, 1.807) is 7.05 Å². The van der Waals surface area contributed by atoms with Crippen LogP contribution >= 0.6 is 0 Å². The van der Waals surface area contributed by atoms with Crippen LogP contribution in [0.25, 0.3) is 0 Å². The molecule has 2 heteroatoms. The van der Waals surface area contributed by atoms with Gasteiger partial charge in [-0.15, -0.1) is 0 Å². The van der Waals surface area contributed by atoms with E-state index in [2.05, 4.69) is 4.99 Å². The predicted octanol–water partition coefficient (Wildman–Crippen LogP) is 0.759. The van der Waals surface area contributed by atoms with Gasteiger partial charge in [0.15, 0.2) is 0 Å². The summed E-state index contributed by atoms with van der Waals surface area (Å²) in [6.07, 6.45) is 3.88. The molecule has 34 valence electrons. The van der Waals surface area contributed by atoms with Crippen molar-refractivity contribution in [3.63, 3.8) is 0 Å². The van der Waals surface area contributed by atoms with Crippen molar-refractivity contribution in [2.45, 2.75) is 0 Å². The Morgan fingerprint density at radius 3 is 2.50 bits per heavy atom. The Labute approximate surface area is 36.8 Å². The smallest absolute Gasteiger partial charge is 0.0806 e. The third kappa shape index (κ3) is 3.21. The SMILES string of the molecule is C/N=C/C=C\O. The van der Waals surface area contributed by atoms with Gasteiger partial charge in [-0.25, -0.2) is 0 Å². The molecule has 0 fully saturated rings. The number of hydrogen-bond donors (Lipinski definition) is 1. The molecule has 0 unspecified atom stereocenters. The molecule has 0 saturated heterocycles. The highest BCUT2D eigenvalue weighted by molar-refractivity contribution is 5.70. The van der Waals surface area contributed by atoms with Gasteiger partial charge in [-0.1, -0.05) is 0 Å². The fourth-order valence-corrected chi connectivity index (χ4v) is 0.125. The van der Waals surface area contributed by atoms with E-state index in [0.717, 1.165) is 6.26 Å². The largest absolute Gasteiger partial charge is 0.516 e. The number of rotatable bonds is 1. The summed E-state index contributed by atoms with van der Waals surface area (Å²) in [6.45, 7) is 0. The topological polar surface area (TPSA) is 32.6 Å². The molecule has 0 rings (SSSR count). The molecule has 0 aliphatic rings. The van der Waals surface area contributed by atoms with Crippen LogP contribution in [-0.2, 0) is 0 Å². The van der Waals surface area contributed by atoms with Crippen LogP contribution in [0, 0.1) is 0 Å². The Kier molecular flexibility index (Phi) is 3.66. The Morgan fingerprint density at radius 1 is 1.67 bits per heavy atom. The number of aliphatic hydroxyl groups is 1. The monoisotopic (exact) mass is 85.1 g/mol. The molecule has 0 spiro atoms. The van der Waals surface area contributed by atoms with Gasteiger partial charge in [0.2, 0.25) is 0 Å². The molecule has 0 aromatic rings. The molecule has 1 N–H and O–H groups in total. The van der Waals surface area contributed by atoms with E-state index in [4.69, 9.17) is 5.11 Å². The van der Waals surface area contributed by atoms with E-state index in [1.807, 2.05) is 0 Å². The van der Waals surface area contributed by atoms with Crippen LogP contribution in [-0.4, -0.2) is 18.4 Å². The molecule has 0 aliphatic carbocycles. The summed E-state index contributed by atoms with van der Waals surface area (Å²) in [4.78, 5) is 3.55. The standard InChI is InChI=1S/C4H7NO/c1-5-3-2-4-6/h2-4,6H,1H3/b4-2-,5-3+. The number of aliphatic imine (C=N–C) groups is 1. The summed E-state index contributed by atoms with van der Waals surface area (Å²) in [5, 5.41) is 7.93. The molecule has 0 aromatic heterocycles. The summed E-state index contributed by atoms with van der Waals surface area (Å²) in [7, 11) is 1.64. The molecule has 2 nitrogen and oxygen atoms in total. The van der Waals surface area contributed by atoms with Crippen LogP contribution in [0.3, 0.4) is 0 Å². The van der Waals surface area contributed by atoms with Gasteiger partial charge in [0.25, 0.3) is 0 Å². The normalized spacial score (nSPS) is 11.5. The first-order valence-corrected chi connectivity index (χ1v) is 1.63. The molecule has 0 bridgehead atoms. The van der Waals surface area contributed by atoms with E-state index in [1.165, 1.54) is 12.3 Å². The van der Waals surface area contributed by atoms with Gasteiger partial charge in [-0.3, -0.25) is 4.99 Å². The fraction of sp³-hybridized carbons (Fsp3) is 0.250. The zero-order chi connectivity index (χ0) is 4.83. The van der Waals surface area contributed by atoms with Crippen LogP contribution in [0.1, 0.15) is 0 Å². The van der Waals surface area contributed by atoms with E-state index in [-0.39, 0.29) is 0 Å². The van der Waals surface area contributed by atoms with Crippen molar-refractivity contribution < 1.29 is 5.11 Å². The molecule has 0 aliphatic heterocycles. The van der Waals surface area contributed by atoms with Gasteiger partial charge in [0.05, 0.1) is 6.26 Å². The van der Waals surface area contributed by atoms with Crippen molar-refractivity contribution >= 4 is 6.21 Å². The van der Waals surface area contributed by atoms with E-state index in [0.29, 0.717) is 0 Å². The maximum absolute atomic E-state index is 7.93. The van der Waals surface area contributed by atoms with Crippen molar-refractivity contribution in [2.75, 3.05) is 7.05 Å². The van der Waals surface area contributed by atoms with E-state index in [9.17, 15) is 0 Å². The molecule has 0 radical (unpaired) electrons. The summed E-state index contributed by atoms with van der Waals surface area (Å²) in [5.74, 6) is 0. The molecule has 0 aromatic carbocycles. The fourth-order valence-electron chi connectivity index (χ4n) is 0.125. The van der Waals surface area contributed by atoms with Gasteiger partial charge in [-0.05, 0) is 6.08 Å². The van der Waals surface area contributed by atoms with Gasteiger partial charge < -0.3 is 5.11 Å². The third-order valence-corrected chi connectivity index (χ3v) is 0.321. The first kappa shape index (κ1) is 5.21. The lowest BCUT2D eigenvalue weighted by atomic mass is 10.7. The Hall–Kier alpha value is -0.790. The summed E-state index contributed by atoms with van der Waals surface area (Å²) in [5.41, 5.74) is 0. The second-order valence-corrected chi connectivity index (χ2v) is 0.749. The highest BCUT2D eigenvalue weighted by Gasteiger charge is 1.50. The van der Waals surface area contributed by atoms with Crippen LogP contribution < -0.4 is 0 Å². The third-order valence-electron chi connectivity index (χ3n) is 0.321. The van der Waals surface area contributed by atoms with Gasteiger partial charge >= 0.3 is 0 Å². The average Bonchev–Trinajstić information content (AvgIpc) is 1.61. The quantitative estimate of drug-likeness (QED) is 0.370. The number of aliphatic hydroxyl groups excluding tert-OH is 1. The number of allylic oxidation sites excluding steroid dienone is 1. The second kappa shape index (κ2) is 4.21. The Morgan fingerprint density at radius 2 is 2.33 bits per heavy atom. The van der Waals surface area contributed by atoms with E-state index < -0.39 is 0 Å². The summed E-state index contributed by atoms with van der Waals surface area (Å²) in [6, 6.07) is 0. The minimum atomic E-state index is 0.938. The summed E-state index contributed by atoms with van der Waals surface area (Å²) >= 11 is 0. The Balaban J connectivity index is 3.07.